The van der Waals surface area contributed by atoms with Gasteiger partial charge < -0.3 is 9.84 Å². The largest absolute Gasteiger partial charge is 0.360 e. The molecule has 5 nitrogen and oxygen atoms in total. The molecule has 1 amide bonds. The average molecular weight is 376 g/mol. The van der Waals surface area contributed by atoms with Gasteiger partial charge in [-0.1, -0.05) is 40.5 Å². The van der Waals surface area contributed by atoms with Crippen molar-refractivity contribution >= 4 is 29.1 Å². The highest BCUT2D eigenvalue weighted by atomic mass is 35.5. The first kappa shape index (κ1) is 17.5. The molecular weight excluding hydrogens is 361 g/mol. The van der Waals surface area contributed by atoms with Crippen LogP contribution < -0.4 is 5.32 Å². The van der Waals surface area contributed by atoms with Crippen molar-refractivity contribution in [3.05, 3.63) is 69.7 Å². The number of nitrogens with zero attached hydrogens (tertiary/aromatic N) is 2. The summed E-state index contributed by atoms with van der Waals surface area (Å²) >= 11 is 12.5. The number of amides is 1. The zero-order chi connectivity index (χ0) is 17.8. The van der Waals surface area contributed by atoms with E-state index in [4.69, 9.17) is 27.7 Å². The van der Waals surface area contributed by atoms with E-state index in [0.29, 0.717) is 45.6 Å². The maximum atomic E-state index is 12.6. The Morgan fingerprint density at radius 2 is 1.92 bits per heavy atom. The second kappa shape index (κ2) is 7.68. The monoisotopic (exact) mass is 375 g/mol. The van der Waals surface area contributed by atoms with Crippen molar-refractivity contribution in [3.8, 4) is 11.3 Å². The van der Waals surface area contributed by atoms with Crippen LogP contribution in [-0.2, 0) is 6.42 Å². The minimum Gasteiger partial charge on any atom is -0.360 e. The lowest BCUT2D eigenvalue weighted by atomic mass is 10.1. The van der Waals surface area contributed by atoms with E-state index in [2.05, 4.69) is 15.5 Å². The summed E-state index contributed by atoms with van der Waals surface area (Å²) < 4.78 is 5.21. The first-order valence-electron chi connectivity index (χ1n) is 7.66. The number of benzene rings is 1. The number of nitrogens with one attached hydrogen (secondary N) is 1. The van der Waals surface area contributed by atoms with E-state index < -0.39 is 0 Å². The van der Waals surface area contributed by atoms with E-state index in [-0.39, 0.29) is 5.91 Å². The number of aryl methyl sites for hydroxylation is 1. The molecule has 0 spiro atoms. The molecule has 0 saturated heterocycles. The molecule has 3 aromatic rings. The van der Waals surface area contributed by atoms with E-state index in [0.717, 1.165) is 5.69 Å². The maximum absolute atomic E-state index is 12.6. The van der Waals surface area contributed by atoms with E-state index >= 15 is 0 Å². The molecule has 0 aliphatic heterocycles. The summed E-state index contributed by atoms with van der Waals surface area (Å²) in [5, 5.41) is 7.65. The van der Waals surface area contributed by atoms with Gasteiger partial charge in [-0.15, -0.1) is 0 Å². The van der Waals surface area contributed by atoms with Crippen LogP contribution in [0.4, 0.5) is 0 Å². The number of hydrogen-bond donors (Lipinski definition) is 1. The third kappa shape index (κ3) is 3.83. The molecule has 0 bridgehead atoms. The fourth-order valence-corrected chi connectivity index (χ4v) is 3.05. The van der Waals surface area contributed by atoms with E-state index in [1.165, 1.54) is 0 Å². The summed E-state index contributed by atoms with van der Waals surface area (Å²) in [4.78, 5) is 16.8. The van der Waals surface area contributed by atoms with Crippen LogP contribution in [-0.4, -0.2) is 22.6 Å². The standard InChI is InChI=1S/C18H15Cl2N3O2/c1-11-15(18(24)22-10-8-12-5-2-3-9-21-12)17(23-25-11)16-13(19)6-4-7-14(16)20/h2-7,9H,8,10H2,1H3,(H,22,24). The normalized spacial score (nSPS) is 10.7. The van der Waals surface area contributed by atoms with E-state index in [9.17, 15) is 4.79 Å². The van der Waals surface area contributed by atoms with Gasteiger partial charge in [-0.25, -0.2) is 0 Å². The summed E-state index contributed by atoms with van der Waals surface area (Å²) in [6, 6.07) is 10.8. The summed E-state index contributed by atoms with van der Waals surface area (Å²) in [6.07, 6.45) is 2.35. The summed E-state index contributed by atoms with van der Waals surface area (Å²) in [7, 11) is 0. The number of pyridine rings is 1. The molecule has 0 radical (unpaired) electrons. The van der Waals surface area contributed by atoms with Crippen LogP contribution in [0.25, 0.3) is 11.3 Å². The van der Waals surface area contributed by atoms with Crippen molar-refractivity contribution in [2.24, 2.45) is 0 Å². The molecule has 3 rings (SSSR count). The molecule has 0 atom stereocenters. The minimum atomic E-state index is -0.291. The second-order valence-electron chi connectivity index (χ2n) is 5.39. The third-order valence-electron chi connectivity index (χ3n) is 3.68. The highest BCUT2D eigenvalue weighted by molar-refractivity contribution is 6.39. The van der Waals surface area contributed by atoms with Crippen LogP contribution in [0.5, 0.6) is 0 Å². The lowest BCUT2D eigenvalue weighted by Gasteiger charge is -2.08. The minimum absolute atomic E-state index is 0.291. The molecule has 2 aromatic heterocycles. The van der Waals surface area contributed by atoms with Gasteiger partial charge in [0.2, 0.25) is 0 Å². The van der Waals surface area contributed by atoms with Crippen LogP contribution in [0.15, 0.2) is 47.1 Å². The topological polar surface area (TPSA) is 68.0 Å². The Morgan fingerprint density at radius 3 is 2.60 bits per heavy atom. The van der Waals surface area contributed by atoms with Gasteiger partial charge in [0.15, 0.2) is 0 Å². The Balaban J connectivity index is 1.81. The lowest BCUT2D eigenvalue weighted by Crippen LogP contribution is -2.26. The number of carbonyl (C=O) groups excluding carboxylic acids is 1. The van der Waals surface area contributed by atoms with Crippen molar-refractivity contribution < 1.29 is 9.32 Å². The number of aromatic nitrogens is 2. The molecule has 0 aliphatic carbocycles. The van der Waals surface area contributed by atoms with Crippen LogP contribution in [0.3, 0.4) is 0 Å². The quantitative estimate of drug-likeness (QED) is 0.720. The van der Waals surface area contributed by atoms with Crippen molar-refractivity contribution in [1.82, 2.24) is 15.5 Å². The molecule has 0 unspecified atom stereocenters. The molecule has 128 valence electrons. The van der Waals surface area contributed by atoms with Crippen molar-refractivity contribution in [1.29, 1.82) is 0 Å². The third-order valence-corrected chi connectivity index (χ3v) is 4.31. The first-order chi connectivity index (χ1) is 12.1. The number of carbonyl (C=O) groups is 1. The fourth-order valence-electron chi connectivity index (χ4n) is 2.47. The fraction of sp³-hybridized carbons (Fsp3) is 0.167. The van der Waals surface area contributed by atoms with Crippen LogP contribution in [0.1, 0.15) is 21.8 Å². The van der Waals surface area contributed by atoms with E-state index in [1.807, 2.05) is 18.2 Å². The second-order valence-corrected chi connectivity index (χ2v) is 6.20. The Labute approximate surface area is 155 Å². The number of rotatable bonds is 5. The number of hydrogen-bond acceptors (Lipinski definition) is 4. The highest BCUT2D eigenvalue weighted by Crippen LogP contribution is 2.36. The Kier molecular flexibility index (Phi) is 5.36. The first-order valence-corrected chi connectivity index (χ1v) is 8.42. The molecule has 1 aromatic carbocycles. The summed E-state index contributed by atoms with van der Waals surface area (Å²) in [6.45, 7) is 2.12. The van der Waals surface area contributed by atoms with Gasteiger partial charge in [0.25, 0.3) is 5.91 Å². The van der Waals surface area contributed by atoms with Gasteiger partial charge in [-0.2, -0.15) is 0 Å². The van der Waals surface area contributed by atoms with Crippen molar-refractivity contribution in [2.75, 3.05) is 6.54 Å². The van der Waals surface area contributed by atoms with Gasteiger partial charge in [-0.05, 0) is 31.2 Å². The summed E-state index contributed by atoms with van der Waals surface area (Å²) in [5.74, 6) is 0.113. The maximum Gasteiger partial charge on any atom is 0.257 e. The van der Waals surface area contributed by atoms with Gasteiger partial charge in [0.1, 0.15) is 17.0 Å². The lowest BCUT2D eigenvalue weighted by molar-refractivity contribution is 0.0953. The Hall–Kier alpha value is -2.37. The molecule has 1 N–H and O–H groups in total. The smallest absolute Gasteiger partial charge is 0.257 e. The van der Waals surface area contributed by atoms with Gasteiger partial charge in [0, 0.05) is 30.4 Å². The molecule has 2 heterocycles. The SMILES string of the molecule is Cc1onc(-c2c(Cl)cccc2Cl)c1C(=O)NCCc1ccccn1. The molecule has 7 heteroatoms. The predicted molar refractivity (Wildman–Crippen MR) is 97.0 cm³/mol. The van der Waals surface area contributed by atoms with Crippen LogP contribution in [0.2, 0.25) is 10.0 Å². The average Bonchev–Trinajstić information content (AvgIpc) is 2.97. The zero-order valence-corrected chi connectivity index (χ0v) is 14.9. The summed E-state index contributed by atoms with van der Waals surface area (Å²) in [5.41, 5.74) is 2.05. The van der Waals surface area contributed by atoms with Gasteiger partial charge >= 0.3 is 0 Å². The molecular formula is C18H15Cl2N3O2. The zero-order valence-electron chi connectivity index (χ0n) is 13.4. The Morgan fingerprint density at radius 1 is 1.16 bits per heavy atom. The molecule has 0 fully saturated rings. The number of halogens is 2. The van der Waals surface area contributed by atoms with Gasteiger partial charge in [0.05, 0.1) is 10.0 Å². The molecule has 25 heavy (non-hydrogen) atoms. The van der Waals surface area contributed by atoms with Crippen LogP contribution in [0, 0.1) is 6.92 Å². The predicted octanol–water partition coefficient (Wildman–Crippen LogP) is 4.32. The van der Waals surface area contributed by atoms with Crippen LogP contribution >= 0.6 is 23.2 Å². The highest BCUT2D eigenvalue weighted by Gasteiger charge is 2.24. The van der Waals surface area contributed by atoms with Crippen molar-refractivity contribution in [3.63, 3.8) is 0 Å². The van der Waals surface area contributed by atoms with Crippen molar-refractivity contribution in [2.45, 2.75) is 13.3 Å². The molecule has 0 saturated carbocycles. The van der Waals surface area contributed by atoms with E-state index in [1.54, 1.807) is 31.3 Å². The van der Waals surface area contributed by atoms with Gasteiger partial charge in [-0.3, -0.25) is 9.78 Å². The Bertz CT molecular complexity index is 874. The molecule has 0 aliphatic rings.